The summed E-state index contributed by atoms with van der Waals surface area (Å²) in [5, 5.41) is 4.54. The monoisotopic (exact) mass is 297 g/mol. The Kier molecular flexibility index (Phi) is 5.70. The van der Waals surface area contributed by atoms with Crippen LogP contribution in [0.1, 0.15) is 25.1 Å². The minimum atomic E-state index is -4.38. The highest BCUT2D eigenvalue weighted by Gasteiger charge is 2.27. The summed E-state index contributed by atoms with van der Waals surface area (Å²) in [6.07, 6.45) is -4.54. The number of anilines is 1. The fourth-order valence-electron chi connectivity index (χ4n) is 1.09. The minimum absolute atomic E-state index is 0.164. The van der Waals surface area contributed by atoms with Crippen molar-refractivity contribution in [1.29, 1.82) is 0 Å². The van der Waals surface area contributed by atoms with Gasteiger partial charge in [0, 0.05) is 11.4 Å². The largest absolute Gasteiger partial charge is 0.411 e. The Morgan fingerprint density at radius 1 is 1.63 bits per heavy atom. The molecule has 1 unspecified atom stereocenters. The molecule has 0 aliphatic carbocycles. The number of rotatable bonds is 6. The molecular weight excluding hydrogens is 283 g/mol. The first-order valence-electron chi connectivity index (χ1n) is 5.43. The lowest BCUT2D eigenvalue weighted by Gasteiger charge is -2.07. The van der Waals surface area contributed by atoms with E-state index >= 15 is 0 Å². The molecule has 0 aliphatic rings. The highest BCUT2D eigenvalue weighted by atomic mass is 32.1. The number of nitrogens with one attached hydrogen (secondary N) is 1. The van der Waals surface area contributed by atoms with Crippen LogP contribution in [0.5, 0.6) is 0 Å². The van der Waals surface area contributed by atoms with Gasteiger partial charge in [-0.1, -0.05) is 0 Å². The number of carbonyl (C=O) groups is 1. The molecule has 1 heterocycles. The van der Waals surface area contributed by atoms with E-state index in [1.807, 2.05) is 0 Å². The molecule has 1 amide bonds. The molecule has 5 nitrogen and oxygen atoms in total. The van der Waals surface area contributed by atoms with Gasteiger partial charge in [0.05, 0.1) is 18.7 Å². The van der Waals surface area contributed by atoms with Gasteiger partial charge in [0.2, 0.25) is 5.91 Å². The standard InChI is InChI=1S/C10H14F3N3O2S/c1-6(14)7-4-19-9(15-7)16-8(17)2-3-18-5-10(11,12)13/h4,6H,2-3,5,14H2,1H3,(H,15,16,17). The zero-order valence-electron chi connectivity index (χ0n) is 10.2. The number of amides is 1. The van der Waals surface area contributed by atoms with Gasteiger partial charge in [-0.05, 0) is 6.92 Å². The molecule has 1 atom stereocenters. The maximum Gasteiger partial charge on any atom is 0.411 e. The van der Waals surface area contributed by atoms with Gasteiger partial charge in [-0.3, -0.25) is 4.79 Å². The first-order chi connectivity index (χ1) is 8.78. The Bertz CT molecular complexity index is 420. The van der Waals surface area contributed by atoms with Crippen LogP contribution in [0.2, 0.25) is 0 Å². The van der Waals surface area contributed by atoms with E-state index in [2.05, 4.69) is 15.0 Å². The normalized spacial score (nSPS) is 13.3. The molecule has 9 heteroatoms. The van der Waals surface area contributed by atoms with E-state index in [1.165, 1.54) is 11.3 Å². The van der Waals surface area contributed by atoms with Gasteiger partial charge in [-0.15, -0.1) is 11.3 Å². The maximum absolute atomic E-state index is 11.8. The van der Waals surface area contributed by atoms with Crippen molar-refractivity contribution in [2.24, 2.45) is 5.73 Å². The third-order valence-corrected chi connectivity index (χ3v) is 2.75. The van der Waals surface area contributed by atoms with Crippen LogP contribution in [-0.2, 0) is 9.53 Å². The summed E-state index contributed by atoms with van der Waals surface area (Å²) >= 11 is 1.21. The molecule has 108 valence electrons. The molecule has 1 rings (SSSR count). The lowest BCUT2D eigenvalue weighted by Crippen LogP contribution is -2.20. The van der Waals surface area contributed by atoms with Crippen molar-refractivity contribution in [1.82, 2.24) is 4.98 Å². The summed E-state index contributed by atoms with van der Waals surface area (Å²) in [5.74, 6) is -0.451. The van der Waals surface area contributed by atoms with Crippen LogP contribution in [0.25, 0.3) is 0 Å². The first kappa shape index (κ1) is 15.9. The minimum Gasteiger partial charge on any atom is -0.372 e. The molecule has 0 saturated carbocycles. The Morgan fingerprint density at radius 2 is 2.32 bits per heavy atom. The van der Waals surface area contributed by atoms with Gasteiger partial charge in [-0.2, -0.15) is 13.2 Å². The fourth-order valence-corrected chi connectivity index (χ4v) is 1.92. The quantitative estimate of drug-likeness (QED) is 0.788. The molecular formula is C10H14F3N3O2S. The van der Waals surface area contributed by atoms with Gasteiger partial charge in [0.1, 0.15) is 6.61 Å². The topological polar surface area (TPSA) is 77.2 Å². The highest BCUT2D eigenvalue weighted by Crippen LogP contribution is 2.19. The number of halogens is 3. The molecule has 0 fully saturated rings. The van der Waals surface area contributed by atoms with Crippen LogP contribution in [0.4, 0.5) is 18.3 Å². The molecule has 0 aromatic carbocycles. The van der Waals surface area contributed by atoms with E-state index in [0.29, 0.717) is 10.8 Å². The molecule has 0 aliphatic heterocycles. The third-order valence-electron chi connectivity index (χ3n) is 1.97. The number of nitrogens with zero attached hydrogens (tertiary/aromatic N) is 1. The fraction of sp³-hybridized carbons (Fsp3) is 0.600. The van der Waals surface area contributed by atoms with Crippen molar-refractivity contribution in [2.45, 2.75) is 25.6 Å². The van der Waals surface area contributed by atoms with Crippen LogP contribution < -0.4 is 11.1 Å². The van der Waals surface area contributed by atoms with Crippen molar-refractivity contribution >= 4 is 22.4 Å². The van der Waals surface area contributed by atoms with Gasteiger partial charge >= 0.3 is 6.18 Å². The van der Waals surface area contributed by atoms with Gasteiger partial charge in [0.25, 0.3) is 0 Å². The number of aromatic nitrogens is 1. The summed E-state index contributed by atoms with van der Waals surface area (Å²) in [5.41, 5.74) is 6.25. The van der Waals surface area contributed by atoms with Crippen LogP contribution >= 0.6 is 11.3 Å². The van der Waals surface area contributed by atoms with Gasteiger partial charge in [-0.25, -0.2) is 4.98 Å². The van der Waals surface area contributed by atoms with E-state index in [9.17, 15) is 18.0 Å². The number of alkyl halides is 3. The predicted octanol–water partition coefficient (Wildman–Crippen LogP) is 2.07. The predicted molar refractivity (Wildman–Crippen MR) is 64.8 cm³/mol. The SMILES string of the molecule is CC(N)c1csc(NC(=O)CCOCC(F)(F)F)n1. The smallest absolute Gasteiger partial charge is 0.372 e. The van der Waals surface area contributed by atoms with Crippen LogP contribution in [-0.4, -0.2) is 30.3 Å². The van der Waals surface area contributed by atoms with E-state index in [1.54, 1.807) is 12.3 Å². The molecule has 1 aromatic heterocycles. The summed E-state index contributed by atoms with van der Waals surface area (Å²) < 4.78 is 39.6. The highest BCUT2D eigenvalue weighted by molar-refractivity contribution is 7.13. The van der Waals surface area contributed by atoms with Crippen LogP contribution in [0.15, 0.2) is 5.38 Å². The van der Waals surface area contributed by atoms with Crippen molar-refractivity contribution in [3.8, 4) is 0 Å². The van der Waals surface area contributed by atoms with Crippen molar-refractivity contribution in [2.75, 3.05) is 18.5 Å². The molecule has 0 spiro atoms. The van der Waals surface area contributed by atoms with E-state index in [0.717, 1.165) is 0 Å². The van der Waals surface area contributed by atoms with E-state index in [-0.39, 0.29) is 19.1 Å². The number of thiazole rings is 1. The lowest BCUT2D eigenvalue weighted by molar-refractivity contribution is -0.174. The van der Waals surface area contributed by atoms with Gasteiger partial charge < -0.3 is 15.8 Å². The second-order valence-electron chi connectivity index (χ2n) is 3.83. The summed E-state index contributed by atoms with van der Waals surface area (Å²) in [6.45, 7) is 0.106. The van der Waals surface area contributed by atoms with Crippen molar-refractivity contribution < 1.29 is 22.7 Å². The molecule has 1 aromatic rings. The zero-order chi connectivity index (χ0) is 14.5. The third kappa shape index (κ3) is 6.50. The average molecular weight is 297 g/mol. The summed E-state index contributed by atoms with van der Waals surface area (Å²) in [4.78, 5) is 15.4. The Hall–Kier alpha value is -1.19. The van der Waals surface area contributed by atoms with Gasteiger partial charge in [0.15, 0.2) is 5.13 Å². The zero-order valence-corrected chi connectivity index (χ0v) is 11.0. The van der Waals surface area contributed by atoms with Crippen molar-refractivity contribution in [3.05, 3.63) is 11.1 Å². The van der Waals surface area contributed by atoms with E-state index in [4.69, 9.17) is 5.73 Å². The second kappa shape index (κ2) is 6.83. The molecule has 0 bridgehead atoms. The lowest BCUT2D eigenvalue weighted by atomic mass is 10.3. The van der Waals surface area contributed by atoms with Crippen LogP contribution in [0, 0.1) is 0 Å². The second-order valence-corrected chi connectivity index (χ2v) is 4.69. The number of hydrogen-bond donors (Lipinski definition) is 2. The molecule has 0 saturated heterocycles. The summed E-state index contributed by atoms with van der Waals surface area (Å²) in [6, 6.07) is -0.239. The Labute approximate surface area is 112 Å². The number of ether oxygens (including phenoxy) is 1. The Balaban J connectivity index is 2.27. The maximum atomic E-state index is 11.8. The number of carbonyl (C=O) groups excluding carboxylic acids is 1. The molecule has 19 heavy (non-hydrogen) atoms. The number of hydrogen-bond acceptors (Lipinski definition) is 5. The van der Waals surface area contributed by atoms with E-state index < -0.39 is 18.7 Å². The molecule has 3 N–H and O–H groups in total. The Morgan fingerprint density at radius 3 is 2.84 bits per heavy atom. The summed E-state index contributed by atoms with van der Waals surface area (Å²) in [7, 11) is 0. The van der Waals surface area contributed by atoms with Crippen LogP contribution in [0.3, 0.4) is 0 Å². The van der Waals surface area contributed by atoms with Crippen molar-refractivity contribution in [3.63, 3.8) is 0 Å². The average Bonchev–Trinajstić information content (AvgIpc) is 2.71. The molecule has 0 radical (unpaired) electrons. The number of nitrogens with two attached hydrogens (primary N) is 1. The first-order valence-corrected chi connectivity index (χ1v) is 6.31.